The van der Waals surface area contributed by atoms with Crippen molar-refractivity contribution in [1.82, 2.24) is 9.88 Å². The molecule has 22 heavy (non-hydrogen) atoms. The predicted octanol–water partition coefficient (Wildman–Crippen LogP) is 3.01. The molecule has 2 atom stereocenters. The second-order valence-electron chi connectivity index (χ2n) is 5.67. The van der Waals surface area contributed by atoms with Gasteiger partial charge in [-0.2, -0.15) is 0 Å². The fourth-order valence-corrected chi connectivity index (χ4v) is 2.36. The van der Waals surface area contributed by atoms with Crippen molar-refractivity contribution in [2.24, 2.45) is 5.92 Å². The number of aliphatic hydroxyl groups is 1. The smallest absolute Gasteiger partial charge is 0.319 e. The van der Waals surface area contributed by atoms with Crippen LogP contribution in [-0.4, -0.2) is 28.4 Å². The quantitative estimate of drug-likeness (QED) is 0.768. The molecule has 3 N–H and O–H groups in total. The fraction of sp³-hybridized carbons (Fsp3) is 0.353. The Bertz CT molecular complexity index is 594. The topological polar surface area (TPSA) is 66.3 Å². The molecule has 0 saturated carbocycles. The van der Waals surface area contributed by atoms with Gasteiger partial charge in [-0.15, -0.1) is 0 Å². The third kappa shape index (κ3) is 4.93. The van der Waals surface area contributed by atoms with Crippen LogP contribution in [0, 0.1) is 5.92 Å². The summed E-state index contributed by atoms with van der Waals surface area (Å²) in [5, 5.41) is 15.0. The highest BCUT2D eigenvalue weighted by molar-refractivity contribution is 5.89. The van der Waals surface area contributed by atoms with Gasteiger partial charge in [-0.05, 0) is 49.6 Å². The zero-order valence-electron chi connectivity index (χ0n) is 13.0. The molecule has 0 aliphatic rings. The fourth-order valence-electron chi connectivity index (χ4n) is 2.36. The van der Waals surface area contributed by atoms with Gasteiger partial charge >= 0.3 is 6.03 Å². The van der Waals surface area contributed by atoms with Crippen LogP contribution in [0.4, 0.5) is 10.5 Å². The van der Waals surface area contributed by atoms with Crippen LogP contribution in [0.1, 0.15) is 20.3 Å². The van der Waals surface area contributed by atoms with Crippen LogP contribution in [0.25, 0.3) is 5.69 Å². The van der Waals surface area contributed by atoms with Gasteiger partial charge < -0.3 is 20.3 Å². The molecule has 1 aromatic carbocycles. The normalized spacial score (nSPS) is 13.4. The van der Waals surface area contributed by atoms with Gasteiger partial charge in [0.1, 0.15) is 0 Å². The van der Waals surface area contributed by atoms with Crippen LogP contribution in [0.15, 0.2) is 48.8 Å². The maximum Gasteiger partial charge on any atom is 0.319 e. The molecule has 2 aromatic rings. The number of anilines is 1. The van der Waals surface area contributed by atoms with Crippen molar-refractivity contribution in [3.8, 4) is 5.69 Å². The van der Waals surface area contributed by atoms with E-state index in [9.17, 15) is 9.90 Å². The molecule has 0 radical (unpaired) electrons. The Morgan fingerprint density at radius 2 is 1.95 bits per heavy atom. The zero-order valence-corrected chi connectivity index (χ0v) is 13.0. The maximum absolute atomic E-state index is 11.9. The lowest BCUT2D eigenvalue weighted by Crippen LogP contribution is -2.33. The molecule has 1 heterocycles. The highest BCUT2D eigenvalue weighted by atomic mass is 16.3. The second-order valence-corrected chi connectivity index (χ2v) is 5.67. The van der Waals surface area contributed by atoms with Gasteiger partial charge in [-0.1, -0.05) is 13.0 Å². The van der Waals surface area contributed by atoms with Crippen molar-refractivity contribution in [1.29, 1.82) is 0 Å². The number of carbonyl (C=O) groups is 1. The molecular formula is C17H23N3O2. The van der Waals surface area contributed by atoms with Crippen LogP contribution < -0.4 is 10.6 Å². The van der Waals surface area contributed by atoms with Gasteiger partial charge in [-0.3, -0.25) is 0 Å². The summed E-state index contributed by atoms with van der Waals surface area (Å²) in [5.74, 6) is 0.233. The Labute approximate surface area is 131 Å². The Kier molecular flexibility index (Phi) is 5.61. The number of nitrogens with one attached hydrogen (secondary N) is 2. The molecule has 0 bridgehead atoms. The van der Waals surface area contributed by atoms with Gasteiger partial charge in [-0.25, -0.2) is 4.79 Å². The van der Waals surface area contributed by atoms with Crippen LogP contribution in [0.5, 0.6) is 0 Å². The average molecular weight is 301 g/mol. The first-order chi connectivity index (χ1) is 10.5. The minimum absolute atomic E-state index is 0.233. The van der Waals surface area contributed by atoms with E-state index in [2.05, 4.69) is 10.6 Å². The second kappa shape index (κ2) is 7.66. The first-order valence-electron chi connectivity index (χ1n) is 7.51. The Balaban J connectivity index is 1.88. The highest BCUT2D eigenvalue weighted by Crippen LogP contribution is 2.14. The molecule has 118 valence electrons. The van der Waals surface area contributed by atoms with E-state index < -0.39 is 0 Å². The summed E-state index contributed by atoms with van der Waals surface area (Å²) >= 11 is 0. The number of benzene rings is 1. The van der Waals surface area contributed by atoms with Crippen molar-refractivity contribution in [2.45, 2.75) is 26.4 Å². The number of urea groups is 1. The number of carbonyl (C=O) groups excluding carboxylic acids is 1. The van der Waals surface area contributed by atoms with Crippen molar-refractivity contribution in [3.05, 3.63) is 48.8 Å². The summed E-state index contributed by atoms with van der Waals surface area (Å²) in [4.78, 5) is 11.9. The molecule has 0 aliphatic carbocycles. The van der Waals surface area contributed by atoms with Gasteiger partial charge in [0.15, 0.2) is 0 Å². The van der Waals surface area contributed by atoms with E-state index in [1.54, 1.807) is 6.92 Å². The zero-order chi connectivity index (χ0) is 15.9. The third-order valence-corrected chi connectivity index (χ3v) is 3.36. The number of nitrogens with zero attached hydrogens (tertiary/aromatic N) is 1. The molecule has 5 nitrogen and oxygen atoms in total. The van der Waals surface area contributed by atoms with Crippen molar-refractivity contribution in [3.63, 3.8) is 0 Å². The lowest BCUT2D eigenvalue weighted by molar-refractivity contribution is 0.163. The van der Waals surface area contributed by atoms with Gasteiger partial charge in [0.2, 0.25) is 0 Å². The molecule has 2 amide bonds. The van der Waals surface area contributed by atoms with E-state index in [1.165, 1.54) is 0 Å². The lowest BCUT2D eigenvalue weighted by Gasteiger charge is -2.15. The number of aliphatic hydroxyl groups excluding tert-OH is 1. The summed E-state index contributed by atoms with van der Waals surface area (Å²) in [6, 6.07) is 11.3. The summed E-state index contributed by atoms with van der Waals surface area (Å²) in [6.07, 6.45) is 4.23. The van der Waals surface area contributed by atoms with E-state index >= 15 is 0 Å². The van der Waals surface area contributed by atoms with E-state index in [-0.39, 0.29) is 18.1 Å². The van der Waals surface area contributed by atoms with Gasteiger partial charge in [0, 0.05) is 30.3 Å². The van der Waals surface area contributed by atoms with Gasteiger partial charge in [0.25, 0.3) is 0 Å². The summed E-state index contributed by atoms with van der Waals surface area (Å²) in [7, 11) is 0. The third-order valence-electron chi connectivity index (χ3n) is 3.36. The SMILES string of the molecule is C[C@@H](CNC(=O)Nc1cccc(-n2cccc2)c1)C[C@@H](C)O. The molecule has 0 saturated heterocycles. The standard InChI is InChI=1S/C17H23N3O2/c1-13(10-14(2)21)12-18-17(22)19-15-6-5-7-16(11-15)20-8-3-4-9-20/h3-9,11,13-14,21H,10,12H2,1-2H3,(H2,18,19,22)/t13-,14-/m1/s1. The molecular weight excluding hydrogens is 278 g/mol. The number of rotatable bonds is 6. The first-order valence-corrected chi connectivity index (χ1v) is 7.51. The average Bonchev–Trinajstić information content (AvgIpc) is 2.99. The van der Waals surface area contributed by atoms with Crippen molar-refractivity contribution < 1.29 is 9.90 Å². The molecule has 0 fully saturated rings. The van der Waals surface area contributed by atoms with E-state index in [0.717, 1.165) is 11.4 Å². The Morgan fingerprint density at radius 1 is 1.23 bits per heavy atom. The van der Waals surface area contributed by atoms with E-state index in [1.807, 2.05) is 60.3 Å². The molecule has 0 aliphatic heterocycles. The minimum Gasteiger partial charge on any atom is -0.393 e. The predicted molar refractivity (Wildman–Crippen MR) is 88.3 cm³/mol. The summed E-state index contributed by atoms with van der Waals surface area (Å²) < 4.78 is 1.98. The number of aromatic nitrogens is 1. The van der Waals surface area contributed by atoms with Crippen LogP contribution in [-0.2, 0) is 0 Å². The Hall–Kier alpha value is -2.27. The van der Waals surface area contributed by atoms with Crippen LogP contribution >= 0.6 is 0 Å². The first kappa shape index (κ1) is 16.1. The van der Waals surface area contributed by atoms with Crippen LogP contribution in [0.3, 0.4) is 0 Å². The number of hydrogen-bond acceptors (Lipinski definition) is 2. The molecule has 1 aromatic heterocycles. The minimum atomic E-state index is -0.349. The largest absolute Gasteiger partial charge is 0.393 e. The van der Waals surface area contributed by atoms with E-state index in [0.29, 0.717) is 13.0 Å². The Morgan fingerprint density at radius 3 is 2.64 bits per heavy atom. The highest BCUT2D eigenvalue weighted by Gasteiger charge is 2.08. The summed E-state index contributed by atoms with van der Waals surface area (Å²) in [5.41, 5.74) is 1.73. The molecule has 0 spiro atoms. The summed E-state index contributed by atoms with van der Waals surface area (Å²) in [6.45, 7) is 4.29. The van der Waals surface area contributed by atoms with Crippen molar-refractivity contribution >= 4 is 11.7 Å². The van der Waals surface area contributed by atoms with Crippen molar-refractivity contribution in [2.75, 3.05) is 11.9 Å². The van der Waals surface area contributed by atoms with Crippen LogP contribution in [0.2, 0.25) is 0 Å². The van der Waals surface area contributed by atoms with E-state index in [4.69, 9.17) is 0 Å². The maximum atomic E-state index is 11.9. The lowest BCUT2D eigenvalue weighted by atomic mass is 10.1. The number of hydrogen-bond donors (Lipinski definition) is 3. The molecule has 2 rings (SSSR count). The molecule has 5 heteroatoms. The monoisotopic (exact) mass is 301 g/mol. The molecule has 0 unspecified atom stereocenters. The number of amides is 2. The van der Waals surface area contributed by atoms with Gasteiger partial charge in [0.05, 0.1) is 6.10 Å².